The van der Waals surface area contributed by atoms with Crippen LogP contribution in [0.2, 0.25) is 0 Å². The third-order valence-corrected chi connectivity index (χ3v) is 3.89. The van der Waals surface area contributed by atoms with Gasteiger partial charge in [0, 0.05) is 38.4 Å². The molecule has 1 aliphatic carbocycles. The Morgan fingerprint density at radius 3 is 3.00 bits per heavy atom. The van der Waals surface area contributed by atoms with Crippen LogP contribution in [0.1, 0.15) is 32.4 Å². The minimum atomic E-state index is -0.0278. The Morgan fingerprint density at radius 1 is 1.40 bits per heavy atom. The maximum atomic E-state index is 5.73. The summed E-state index contributed by atoms with van der Waals surface area (Å²) in [7, 11) is 0. The zero-order valence-corrected chi connectivity index (χ0v) is 12.5. The first-order valence-electron chi connectivity index (χ1n) is 7.59. The summed E-state index contributed by atoms with van der Waals surface area (Å²) in [5.74, 6) is 0. The average molecular weight is 279 g/mol. The quantitative estimate of drug-likeness (QED) is 0.828. The fourth-order valence-corrected chi connectivity index (χ4v) is 2.61. The van der Waals surface area contributed by atoms with Gasteiger partial charge in [-0.2, -0.15) is 0 Å². The molecule has 1 N–H and O–H groups in total. The van der Waals surface area contributed by atoms with Crippen LogP contribution in [-0.2, 0) is 17.8 Å². The molecule has 0 radical (unpaired) electrons. The topological polar surface area (TPSA) is 55.2 Å². The second-order valence-corrected chi connectivity index (χ2v) is 6.51. The predicted octanol–water partition coefficient (Wildman–Crippen LogP) is 0.641. The second kappa shape index (κ2) is 5.79. The fraction of sp³-hybridized carbons (Fsp3) is 0.857. The Morgan fingerprint density at radius 2 is 2.25 bits per heavy atom. The van der Waals surface area contributed by atoms with Gasteiger partial charge in [0.1, 0.15) is 0 Å². The van der Waals surface area contributed by atoms with E-state index in [1.54, 1.807) is 0 Å². The van der Waals surface area contributed by atoms with Crippen LogP contribution in [0.25, 0.3) is 0 Å². The van der Waals surface area contributed by atoms with E-state index >= 15 is 0 Å². The van der Waals surface area contributed by atoms with Gasteiger partial charge in [0.2, 0.25) is 0 Å². The highest BCUT2D eigenvalue weighted by Gasteiger charge is 2.26. The normalized spacial score (nSPS) is 23.1. The van der Waals surface area contributed by atoms with Crippen molar-refractivity contribution in [3.05, 3.63) is 11.9 Å². The van der Waals surface area contributed by atoms with Gasteiger partial charge in [-0.25, -0.2) is 0 Å². The molecule has 2 heterocycles. The van der Waals surface area contributed by atoms with E-state index in [-0.39, 0.29) is 5.60 Å². The van der Waals surface area contributed by atoms with Gasteiger partial charge < -0.3 is 10.1 Å². The van der Waals surface area contributed by atoms with Gasteiger partial charge in [-0.1, -0.05) is 5.21 Å². The molecule has 0 aromatic carbocycles. The summed E-state index contributed by atoms with van der Waals surface area (Å²) in [6, 6.07) is 0.718. The van der Waals surface area contributed by atoms with E-state index in [1.165, 1.54) is 12.8 Å². The fourth-order valence-electron chi connectivity index (χ4n) is 2.61. The Kier molecular flexibility index (Phi) is 4.05. The molecule has 1 saturated carbocycles. The largest absolute Gasteiger partial charge is 0.373 e. The number of hydrogen-bond acceptors (Lipinski definition) is 5. The first-order chi connectivity index (χ1) is 9.61. The lowest BCUT2D eigenvalue weighted by atomic mass is 10.1. The van der Waals surface area contributed by atoms with Gasteiger partial charge in [0.25, 0.3) is 0 Å². The molecule has 6 nitrogen and oxygen atoms in total. The molecule has 0 amide bonds. The number of nitrogens with one attached hydrogen (secondary N) is 1. The maximum Gasteiger partial charge on any atom is 0.0964 e. The van der Waals surface area contributed by atoms with Gasteiger partial charge in [-0.05, 0) is 26.7 Å². The molecule has 0 atom stereocenters. The molecule has 0 bridgehead atoms. The van der Waals surface area contributed by atoms with Crippen molar-refractivity contribution in [1.82, 2.24) is 25.2 Å². The lowest BCUT2D eigenvalue weighted by Gasteiger charge is -2.38. The molecule has 1 saturated heterocycles. The molecule has 6 heteroatoms. The van der Waals surface area contributed by atoms with Crippen molar-refractivity contribution in [3.8, 4) is 0 Å². The van der Waals surface area contributed by atoms with Crippen LogP contribution in [0, 0.1) is 0 Å². The van der Waals surface area contributed by atoms with E-state index in [4.69, 9.17) is 4.74 Å². The van der Waals surface area contributed by atoms with Crippen molar-refractivity contribution in [2.45, 2.75) is 51.4 Å². The molecule has 2 aliphatic rings. The molecule has 3 rings (SSSR count). The van der Waals surface area contributed by atoms with Gasteiger partial charge in [0.15, 0.2) is 0 Å². The number of nitrogens with zero attached hydrogens (tertiary/aromatic N) is 4. The summed E-state index contributed by atoms with van der Waals surface area (Å²) in [5.41, 5.74) is 1.01. The summed E-state index contributed by atoms with van der Waals surface area (Å²) in [5, 5.41) is 11.9. The molecule has 1 aliphatic heterocycles. The van der Waals surface area contributed by atoms with E-state index in [0.29, 0.717) is 0 Å². The van der Waals surface area contributed by atoms with Crippen molar-refractivity contribution in [1.29, 1.82) is 0 Å². The third-order valence-electron chi connectivity index (χ3n) is 3.89. The maximum absolute atomic E-state index is 5.73. The number of hydrogen-bond donors (Lipinski definition) is 1. The molecule has 2 fully saturated rings. The molecule has 0 unspecified atom stereocenters. The van der Waals surface area contributed by atoms with E-state index in [0.717, 1.165) is 51.1 Å². The molecule has 1 aromatic heterocycles. The Labute approximate surface area is 120 Å². The Hall–Kier alpha value is -0.980. The van der Waals surface area contributed by atoms with Crippen LogP contribution >= 0.6 is 0 Å². The highest BCUT2D eigenvalue weighted by Crippen LogP contribution is 2.19. The highest BCUT2D eigenvalue weighted by molar-refractivity contribution is 4.94. The van der Waals surface area contributed by atoms with Gasteiger partial charge in [-0.15, -0.1) is 5.10 Å². The summed E-state index contributed by atoms with van der Waals surface area (Å²) in [6.45, 7) is 9.85. The van der Waals surface area contributed by atoms with Crippen LogP contribution in [-0.4, -0.2) is 57.8 Å². The first kappa shape index (κ1) is 14.0. The minimum Gasteiger partial charge on any atom is -0.373 e. The van der Waals surface area contributed by atoms with E-state index in [2.05, 4.69) is 40.6 Å². The van der Waals surface area contributed by atoms with Crippen molar-refractivity contribution in [2.75, 3.05) is 26.2 Å². The third kappa shape index (κ3) is 4.01. The van der Waals surface area contributed by atoms with E-state index < -0.39 is 0 Å². The van der Waals surface area contributed by atoms with Gasteiger partial charge >= 0.3 is 0 Å². The summed E-state index contributed by atoms with van der Waals surface area (Å²) in [6.07, 6.45) is 4.67. The number of morpholine rings is 1. The number of ether oxygens (including phenoxy) is 1. The van der Waals surface area contributed by atoms with Crippen LogP contribution in [0.3, 0.4) is 0 Å². The molecule has 0 spiro atoms. The summed E-state index contributed by atoms with van der Waals surface area (Å²) >= 11 is 0. The van der Waals surface area contributed by atoms with E-state index in [9.17, 15) is 0 Å². The Balaban J connectivity index is 1.43. The second-order valence-electron chi connectivity index (χ2n) is 6.51. The van der Waals surface area contributed by atoms with Crippen molar-refractivity contribution in [2.24, 2.45) is 0 Å². The minimum absolute atomic E-state index is 0.0278. The lowest BCUT2D eigenvalue weighted by molar-refractivity contribution is -0.0866. The average Bonchev–Trinajstić information content (AvgIpc) is 3.12. The summed E-state index contributed by atoms with van der Waals surface area (Å²) in [4.78, 5) is 2.44. The van der Waals surface area contributed by atoms with Crippen molar-refractivity contribution in [3.63, 3.8) is 0 Å². The number of aromatic nitrogens is 3. The number of rotatable bonds is 6. The molecule has 20 heavy (non-hydrogen) atoms. The van der Waals surface area contributed by atoms with Gasteiger partial charge in [-0.3, -0.25) is 9.58 Å². The van der Waals surface area contributed by atoms with Crippen LogP contribution < -0.4 is 5.32 Å². The Bertz CT molecular complexity index is 441. The zero-order chi connectivity index (χ0) is 14.0. The van der Waals surface area contributed by atoms with E-state index in [1.807, 2.05) is 4.68 Å². The van der Waals surface area contributed by atoms with Crippen LogP contribution in [0.5, 0.6) is 0 Å². The highest BCUT2D eigenvalue weighted by atomic mass is 16.5. The van der Waals surface area contributed by atoms with Crippen LogP contribution in [0.15, 0.2) is 6.20 Å². The monoisotopic (exact) mass is 279 g/mol. The first-order valence-corrected chi connectivity index (χ1v) is 7.59. The summed E-state index contributed by atoms with van der Waals surface area (Å²) < 4.78 is 7.68. The standard InChI is InChI=1S/C14H25N5O/c1-14(2)11-18(7-8-20-14)5-6-19-10-13(16-17-19)9-15-12-3-4-12/h10,12,15H,3-9,11H2,1-2H3. The molecular weight excluding hydrogens is 254 g/mol. The van der Waals surface area contributed by atoms with Crippen molar-refractivity contribution < 1.29 is 4.74 Å². The predicted molar refractivity (Wildman–Crippen MR) is 76.4 cm³/mol. The van der Waals surface area contributed by atoms with Gasteiger partial charge in [0.05, 0.1) is 24.4 Å². The zero-order valence-electron chi connectivity index (χ0n) is 12.5. The lowest BCUT2D eigenvalue weighted by Crippen LogP contribution is -2.49. The molecule has 1 aromatic rings. The van der Waals surface area contributed by atoms with Crippen molar-refractivity contribution >= 4 is 0 Å². The molecular formula is C14H25N5O. The smallest absolute Gasteiger partial charge is 0.0964 e. The SMILES string of the molecule is CC1(C)CN(CCn2cc(CNC3CC3)nn2)CCO1. The molecule has 112 valence electrons. The van der Waals surface area contributed by atoms with Crippen LogP contribution in [0.4, 0.5) is 0 Å².